The predicted octanol–water partition coefficient (Wildman–Crippen LogP) is 6.86. The predicted molar refractivity (Wildman–Crippen MR) is 148 cm³/mol. The molecular weight excluding hydrogens is 480 g/mol. The van der Waals surface area contributed by atoms with E-state index in [2.05, 4.69) is 12.1 Å². The zero-order chi connectivity index (χ0) is 26.6. The van der Waals surface area contributed by atoms with E-state index in [1.165, 1.54) is 0 Å². The van der Waals surface area contributed by atoms with Crippen LogP contribution in [0.15, 0.2) is 78.9 Å². The highest BCUT2D eigenvalue weighted by Crippen LogP contribution is 2.51. The zero-order valence-corrected chi connectivity index (χ0v) is 21.8. The standard InChI is InChI=1S/C32H30O6/c1-34-27-15-8-21(18-29(27)36-3)6-5-20-7-14-26-25(17-20)31(23-11-16-28(35-2)30(19-23)37-4)32(38-26)22-9-12-24(33)13-10-22/h5-19,31-33H,1-4H3/b6-5+. The third-order valence-electron chi connectivity index (χ3n) is 6.79. The highest BCUT2D eigenvalue weighted by molar-refractivity contribution is 5.72. The molecule has 4 aromatic rings. The van der Waals surface area contributed by atoms with E-state index in [4.69, 9.17) is 23.7 Å². The molecule has 1 aliphatic rings. The Balaban J connectivity index is 1.54. The van der Waals surface area contributed by atoms with Gasteiger partial charge in [0, 0.05) is 5.56 Å². The summed E-state index contributed by atoms with van der Waals surface area (Å²) >= 11 is 0. The topological polar surface area (TPSA) is 66.4 Å². The van der Waals surface area contributed by atoms with Crippen LogP contribution in [-0.4, -0.2) is 33.5 Å². The van der Waals surface area contributed by atoms with Gasteiger partial charge in [-0.2, -0.15) is 0 Å². The fourth-order valence-corrected chi connectivity index (χ4v) is 4.86. The van der Waals surface area contributed by atoms with Crippen molar-refractivity contribution in [3.8, 4) is 34.5 Å². The van der Waals surface area contributed by atoms with Crippen molar-refractivity contribution in [3.05, 3.63) is 107 Å². The summed E-state index contributed by atoms with van der Waals surface area (Å²) in [5.74, 6) is 3.65. The highest BCUT2D eigenvalue weighted by atomic mass is 16.5. The molecule has 6 heteroatoms. The van der Waals surface area contributed by atoms with Gasteiger partial charge in [0.25, 0.3) is 0 Å². The molecule has 1 N–H and O–H groups in total. The molecule has 0 bridgehead atoms. The Morgan fingerprint density at radius 3 is 1.82 bits per heavy atom. The Morgan fingerprint density at radius 2 is 1.16 bits per heavy atom. The second kappa shape index (κ2) is 10.8. The Labute approximate surface area is 222 Å². The van der Waals surface area contributed by atoms with E-state index in [1.807, 2.05) is 66.7 Å². The second-order valence-corrected chi connectivity index (χ2v) is 8.97. The summed E-state index contributed by atoms with van der Waals surface area (Å²) in [4.78, 5) is 0. The van der Waals surface area contributed by atoms with E-state index >= 15 is 0 Å². The number of hydrogen-bond acceptors (Lipinski definition) is 6. The van der Waals surface area contributed by atoms with Crippen LogP contribution in [-0.2, 0) is 0 Å². The van der Waals surface area contributed by atoms with Gasteiger partial charge in [0.05, 0.1) is 34.4 Å². The largest absolute Gasteiger partial charge is 0.508 e. The summed E-state index contributed by atoms with van der Waals surface area (Å²) < 4.78 is 28.3. The minimum atomic E-state index is -0.270. The van der Waals surface area contributed by atoms with E-state index in [1.54, 1.807) is 40.6 Å². The molecule has 0 spiro atoms. The van der Waals surface area contributed by atoms with Gasteiger partial charge in [0.15, 0.2) is 23.0 Å². The van der Waals surface area contributed by atoms with Gasteiger partial charge in [0.1, 0.15) is 17.6 Å². The van der Waals surface area contributed by atoms with Crippen molar-refractivity contribution in [2.75, 3.05) is 28.4 Å². The lowest BCUT2D eigenvalue weighted by Crippen LogP contribution is -2.11. The number of phenolic OH excluding ortho intramolecular Hbond substituents is 1. The van der Waals surface area contributed by atoms with Crippen LogP contribution in [0.4, 0.5) is 0 Å². The monoisotopic (exact) mass is 510 g/mol. The molecule has 5 rings (SSSR count). The van der Waals surface area contributed by atoms with Crippen LogP contribution in [0.2, 0.25) is 0 Å². The minimum Gasteiger partial charge on any atom is -0.508 e. The first-order valence-electron chi connectivity index (χ1n) is 12.3. The van der Waals surface area contributed by atoms with Gasteiger partial charge >= 0.3 is 0 Å². The van der Waals surface area contributed by atoms with Crippen LogP contribution in [0.3, 0.4) is 0 Å². The van der Waals surface area contributed by atoms with Crippen molar-refractivity contribution >= 4 is 12.2 Å². The number of methoxy groups -OCH3 is 4. The molecule has 2 unspecified atom stereocenters. The Morgan fingerprint density at radius 1 is 0.605 bits per heavy atom. The zero-order valence-electron chi connectivity index (χ0n) is 21.8. The number of rotatable bonds is 8. The van der Waals surface area contributed by atoms with Crippen LogP contribution < -0.4 is 23.7 Å². The van der Waals surface area contributed by atoms with E-state index in [-0.39, 0.29) is 17.8 Å². The van der Waals surface area contributed by atoms with Crippen LogP contribution in [0.25, 0.3) is 12.2 Å². The number of phenols is 1. The van der Waals surface area contributed by atoms with Gasteiger partial charge in [-0.3, -0.25) is 0 Å². The molecule has 6 nitrogen and oxygen atoms in total. The molecule has 0 fully saturated rings. The number of aromatic hydroxyl groups is 1. The number of ether oxygens (including phenoxy) is 5. The Kier molecular flexibility index (Phi) is 7.13. The SMILES string of the molecule is COc1ccc(/C=C/c2ccc3c(c2)C(c2ccc(OC)c(OC)c2)C(c2ccc(O)cc2)O3)cc1OC. The van der Waals surface area contributed by atoms with Gasteiger partial charge < -0.3 is 28.8 Å². The molecule has 1 aliphatic heterocycles. The van der Waals surface area contributed by atoms with Gasteiger partial charge in [-0.05, 0) is 70.8 Å². The average Bonchev–Trinajstić information content (AvgIpc) is 3.34. The maximum atomic E-state index is 9.84. The van der Waals surface area contributed by atoms with Crippen molar-refractivity contribution in [3.63, 3.8) is 0 Å². The summed E-state index contributed by atoms with van der Waals surface area (Å²) in [7, 11) is 6.52. The number of benzene rings is 4. The lowest BCUT2D eigenvalue weighted by Gasteiger charge is -2.21. The Hall–Kier alpha value is -4.58. The van der Waals surface area contributed by atoms with Crippen LogP contribution in [0, 0.1) is 0 Å². The molecule has 0 aromatic heterocycles. The first-order valence-corrected chi connectivity index (χ1v) is 12.3. The third kappa shape index (κ3) is 4.85. The molecule has 194 valence electrons. The minimum absolute atomic E-state index is 0.0937. The highest BCUT2D eigenvalue weighted by Gasteiger charge is 2.37. The maximum Gasteiger partial charge on any atom is 0.161 e. The van der Waals surface area contributed by atoms with E-state index < -0.39 is 0 Å². The molecule has 0 saturated carbocycles. The van der Waals surface area contributed by atoms with E-state index in [0.29, 0.717) is 23.0 Å². The lowest BCUT2D eigenvalue weighted by molar-refractivity contribution is 0.222. The fraction of sp³-hybridized carbons (Fsp3) is 0.188. The van der Waals surface area contributed by atoms with Gasteiger partial charge in [0.2, 0.25) is 0 Å². The quantitative estimate of drug-likeness (QED) is 0.261. The molecule has 4 aromatic carbocycles. The smallest absolute Gasteiger partial charge is 0.161 e. The summed E-state index contributed by atoms with van der Waals surface area (Å²) in [5, 5.41) is 9.84. The molecule has 0 radical (unpaired) electrons. The summed E-state index contributed by atoms with van der Waals surface area (Å²) in [6, 6.07) is 25.2. The normalized spacial score (nSPS) is 16.1. The molecule has 2 atom stereocenters. The third-order valence-corrected chi connectivity index (χ3v) is 6.79. The second-order valence-electron chi connectivity index (χ2n) is 8.97. The lowest BCUT2D eigenvalue weighted by atomic mass is 9.84. The molecule has 0 amide bonds. The van der Waals surface area contributed by atoms with Crippen molar-refractivity contribution < 1.29 is 28.8 Å². The molecular formula is C32H30O6. The van der Waals surface area contributed by atoms with Gasteiger partial charge in [-0.1, -0.05) is 42.5 Å². The maximum absolute atomic E-state index is 9.84. The van der Waals surface area contributed by atoms with E-state index in [0.717, 1.165) is 33.6 Å². The molecule has 1 heterocycles. The summed E-state index contributed by atoms with van der Waals surface area (Å²) in [6.07, 6.45) is 3.84. The summed E-state index contributed by atoms with van der Waals surface area (Å²) in [5.41, 5.74) is 5.13. The van der Waals surface area contributed by atoms with Crippen molar-refractivity contribution in [2.24, 2.45) is 0 Å². The van der Waals surface area contributed by atoms with Crippen molar-refractivity contribution in [1.82, 2.24) is 0 Å². The van der Waals surface area contributed by atoms with Crippen LogP contribution in [0.5, 0.6) is 34.5 Å². The molecule has 0 saturated heterocycles. The Bertz CT molecular complexity index is 1460. The summed E-state index contributed by atoms with van der Waals surface area (Å²) in [6.45, 7) is 0. The molecule has 38 heavy (non-hydrogen) atoms. The first-order chi connectivity index (χ1) is 18.5. The van der Waals surface area contributed by atoms with Gasteiger partial charge in [-0.15, -0.1) is 0 Å². The van der Waals surface area contributed by atoms with Crippen LogP contribution >= 0.6 is 0 Å². The van der Waals surface area contributed by atoms with E-state index in [9.17, 15) is 5.11 Å². The van der Waals surface area contributed by atoms with Crippen molar-refractivity contribution in [1.29, 1.82) is 0 Å². The van der Waals surface area contributed by atoms with Gasteiger partial charge in [-0.25, -0.2) is 0 Å². The first kappa shape index (κ1) is 25.1. The molecule has 0 aliphatic carbocycles. The number of fused-ring (bicyclic) bond motifs is 1. The van der Waals surface area contributed by atoms with Crippen LogP contribution in [0.1, 0.15) is 39.8 Å². The van der Waals surface area contributed by atoms with Crippen molar-refractivity contribution in [2.45, 2.75) is 12.0 Å². The number of hydrogen-bond donors (Lipinski definition) is 1. The fourth-order valence-electron chi connectivity index (χ4n) is 4.86. The average molecular weight is 511 g/mol.